The minimum absolute atomic E-state index is 0.00115. The van der Waals surface area contributed by atoms with Crippen LogP contribution in [0.15, 0.2) is 44.9 Å². The lowest BCUT2D eigenvalue weighted by Gasteiger charge is -2.26. The highest BCUT2D eigenvalue weighted by molar-refractivity contribution is 5.57. The summed E-state index contributed by atoms with van der Waals surface area (Å²) in [6, 6.07) is 8.64. The Kier molecular flexibility index (Phi) is 5.08. The van der Waals surface area contributed by atoms with Crippen LogP contribution in [0.3, 0.4) is 0 Å². The predicted molar refractivity (Wildman–Crippen MR) is 97.8 cm³/mol. The van der Waals surface area contributed by atoms with Crippen LogP contribution in [-0.2, 0) is 0 Å². The molecule has 1 atom stereocenters. The number of allylic oxidation sites excluding steroid dienone is 1. The van der Waals surface area contributed by atoms with Crippen LogP contribution in [0.4, 0.5) is 0 Å². The summed E-state index contributed by atoms with van der Waals surface area (Å²) in [6.07, 6.45) is 0.797. The summed E-state index contributed by atoms with van der Waals surface area (Å²) < 4.78 is 22.1. The van der Waals surface area contributed by atoms with Crippen molar-refractivity contribution in [2.75, 3.05) is 13.7 Å². The SMILES string of the molecule is CCCOc1cc(OC)ccc1C1C(C#N)=C(N)Oc2oc(C)cc(=O)c21. The first-order valence-electron chi connectivity index (χ1n) is 8.53. The fourth-order valence-corrected chi connectivity index (χ4v) is 3.02. The Hall–Kier alpha value is -3.40. The van der Waals surface area contributed by atoms with Gasteiger partial charge in [0.2, 0.25) is 5.88 Å². The Morgan fingerprint density at radius 3 is 2.78 bits per heavy atom. The summed E-state index contributed by atoms with van der Waals surface area (Å²) in [5.74, 6) is 0.647. The average molecular weight is 368 g/mol. The molecule has 3 rings (SSSR count). The molecule has 140 valence electrons. The summed E-state index contributed by atoms with van der Waals surface area (Å²) >= 11 is 0. The van der Waals surface area contributed by atoms with Crippen LogP contribution < -0.4 is 25.4 Å². The van der Waals surface area contributed by atoms with Crippen LogP contribution in [0.2, 0.25) is 0 Å². The fourth-order valence-electron chi connectivity index (χ4n) is 3.02. The summed E-state index contributed by atoms with van der Waals surface area (Å²) in [6.45, 7) is 4.10. The van der Waals surface area contributed by atoms with E-state index in [0.717, 1.165) is 6.42 Å². The highest BCUT2D eigenvalue weighted by atomic mass is 16.6. The minimum atomic E-state index is -0.756. The lowest BCUT2D eigenvalue weighted by atomic mass is 9.84. The number of aryl methyl sites for hydroxylation is 1. The molecule has 2 N–H and O–H groups in total. The van der Waals surface area contributed by atoms with E-state index in [2.05, 4.69) is 6.07 Å². The Bertz CT molecular complexity index is 1000. The Morgan fingerprint density at radius 1 is 1.33 bits per heavy atom. The van der Waals surface area contributed by atoms with Gasteiger partial charge in [-0.15, -0.1) is 0 Å². The second-order valence-corrected chi connectivity index (χ2v) is 6.10. The monoisotopic (exact) mass is 368 g/mol. The summed E-state index contributed by atoms with van der Waals surface area (Å²) in [7, 11) is 1.55. The van der Waals surface area contributed by atoms with Crippen molar-refractivity contribution < 1.29 is 18.6 Å². The Morgan fingerprint density at radius 2 is 2.11 bits per heavy atom. The van der Waals surface area contributed by atoms with Crippen molar-refractivity contribution in [1.29, 1.82) is 5.26 Å². The standard InChI is InChI=1S/C20H20N2O5/c1-4-7-25-16-9-12(24-3)5-6-13(16)17-14(10-21)19(22)27-20-18(17)15(23)8-11(2)26-20/h5-6,8-9,17H,4,7,22H2,1-3H3. The predicted octanol–water partition coefficient (Wildman–Crippen LogP) is 2.96. The second kappa shape index (κ2) is 7.46. The van der Waals surface area contributed by atoms with E-state index in [1.165, 1.54) is 6.07 Å². The molecule has 0 bridgehead atoms. The third-order valence-corrected chi connectivity index (χ3v) is 4.23. The lowest BCUT2D eigenvalue weighted by Crippen LogP contribution is -2.26. The number of hydrogen-bond acceptors (Lipinski definition) is 7. The minimum Gasteiger partial charge on any atom is -0.497 e. The van der Waals surface area contributed by atoms with Gasteiger partial charge >= 0.3 is 0 Å². The van der Waals surface area contributed by atoms with Gasteiger partial charge in [0.15, 0.2) is 5.43 Å². The van der Waals surface area contributed by atoms with Crippen LogP contribution in [-0.4, -0.2) is 13.7 Å². The third kappa shape index (κ3) is 3.34. The van der Waals surface area contributed by atoms with E-state index >= 15 is 0 Å². The van der Waals surface area contributed by atoms with Gasteiger partial charge in [-0.05, 0) is 19.4 Å². The van der Waals surface area contributed by atoms with Crippen LogP contribution >= 0.6 is 0 Å². The van der Waals surface area contributed by atoms with Crippen LogP contribution in [0.5, 0.6) is 17.4 Å². The van der Waals surface area contributed by atoms with Gasteiger partial charge in [-0.25, -0.2) is 0 Å². The van der Waals surface area contributed by atoms with Crippen molar-refractivity contribution in [3.05, 3.63) is 62.8 Å². The molecular weight excluding hydrogens is 348 g/mol. The number of nitriles is 1. The van der Waals surface area contributed by atoms with E-state index < -0.39 is 5.92 Å². The first-order valence-corrected chi connectivity index (χ1v) is 8.53. The van der Waals surface area contributed by atoms with Crippen molar-refractivity contribution >= 4 is 0 Å². The largest absolute Gasteiger partial charge is 0.497 e. The molecule has 0 spiro atoms. The van der Waals surface area contributed by atoms with Crippen molar-refractivity contribution in [3.8, 4) is 23.5 Å². The molecule has 1 aliphatic heterocycles. The highest BCUT2D eigenvalue weighted by Gasteiger charge is 2.36. The lowest BCUT2D eigenvalue weighted by molar-refractivity contribution is 0.273. The van der Waals surface area contributed by atoms with Crippen molar-refractivity contribution in [1.82, 2.24) is 0 Å². The van der Waals surface area contributed by atoms with Crippen molar-refractivity contribution in [3.63, 3.8) is 0 Å². The zero-order valence-corrected chi connectivity index (χ0v) is 15.4. The fraction of sp³-hybridized carbons (Fsp3) is 0.300. The average Bonchev–Trinajstić information content (AvgIpc) is 2.64. The molecule has 0 saturated heterocycles. The van der Waals surface area contributed by atoms with Gasteiger partial charge in [-0.3, -0.25) is 4.79 Å². The molecule has 1 aromatic carbocycles. The van der Waals surface area contributed by atoms with E-state index in [1.54, 1.807) is 32.2 Å². The second-order valence-electron chi connectivity index (χ2n) is 6.10. The number of benzene rings is 1. The molecule has 0 radical (unpaired) electrons. The molecule has 7 nitrogen and oxygen atoms in total. The first kappa shape index (κ1) is 18.4. The van der Waals surface area contributed by atoms with Crippen molar-refractivity contribution in [2.45, 2.75) is 26.2 Å². The first-order chi connectivity index (χ1) is 13.0. The van der Waals surface area contributed by atoms with Gasteiger partial charge in [-0.1, -0.05) is 13.0 Å². The number of nitrogens with two attached hydrogens (primary N) is 1. The zero-order valence-electron chi connectivity index (χ0n) is 15.4. The molecule has 0 amide bonds. The number of nitrogens with zero attached hydrogens (tertiary/aromatic N) is 1. The number of fused-ring (bicyclic) bond motifs is 1. The molecule has 0 aliphatic carbocycles. The van der Waals surface area contributed by atoms with E-state index in [0.29, 0.717) is 29.4 Å². The number of ether oxygens (including phenoxy) is 3. The maximum absolute atomic E-state index is 12.7. The maximum atomic E-state index is 12.7. The highest BCUT2D eigenvalue weighted by Crippen LogP contribution is 2.44. The molecule has 1 unspecified atom stereocenters. The number of rotatable bonds is 5. The zero-order chi connectivity index (χ0) is 19.6. The number of hydrogen-bond donors (Lipinski definition) is 1. The molecule has 0 saturated carbocycles. The molecule has 1 aliphatic rings. The van der Waals surface area contributed by atoms with Crippen molar-refractivity contribution in [2.24, 2.45) is 5.73 Å². The van der Waals surface area contributed by atoms with Gasteiger partial charge in [0, 0.05) is 17.7 Å². The van der Waals surface area contributed by atoms with E-state index in [4.69, 9.17) is 24.4 Å². The molecule has 0 fully saturated rings. The maximum Gasteiger partial charge on any atom is 0.299 e. The Labute approximate surface area is 156 Å². The molecule has 2 aromatic rings. The van der Waals surface area contributed by atoms with Gasteiger partial charge in [0.25, 0.3) is 5.95 Å². The summed E-state index contributed by atoms with van der Waals surface area (Å²) in [5, 5.41) is 9.67. The molecule has 27 heavy (non-hydrogen) atoms. The topological polar surface area (TPSA) is 108 Å². The third-order valence-electron chi connectivity index (χ3n) is 4.23. The van der Waals surface area contributed by atoms with Crippen LogP contribution in [0.1, 0.15) is 36.1 Å². The van der Waals surface area contributed by atoms with Gasteiger partial charge in [0.1, 0.15) is 28.9 Å². The molecular formula is C20H20N2O5. The Balaban J connectivity index is 2.27. The molecule has 2 heterocycles. The summed E-state index contributed by atoms with van der Waals surface area (Å²) in [4.78, 5) is 12.7. The van der Waals surface area contributed by atoms with E-state index in [-0.39, 0.29) is 28.4 Å². The van der Waals surface area contributed by atoms with Gasteiger partial charge in [-0.2, -0.15) is 5.26 Å². The van der Waals surface area contributed by atoms with E-state index in [1.807, 2.05) is 6.92 Å². The van der Waals surface area contributed by atoms with Crippen LogP contribution in [0, 0.1) is 18.3 Å². The quantitative estimate of drug-likeness (QED) is 0.864. The number of methoxy groups -OCH3 is 1. The van der Waals surface area contributed by atoms with Gasteiger partial charge in [0.05, 0.1) is 25.2 Å². The normalized spacial score (nSPS) is 15.6. The smallest absolute Gasteiger partial charge is 0.299 e. The van der Waals surface area contributed by atoms with Gasteiger partial charge < -0.3 is 24.4 Å². The molecule has 7 heteroatoms. The van der Waals surface area contributed by atoms with Crippen LogP contribution in [0.25, 0.3) is 0 Å². The summed E-state index contributed by atoms with van der Waals surface area (Å²) in [5.41, 5.74) is 6.62. The molecule has 1 aromatic heterocycles. The van der Waals surface area contributed by atoms with E-state index in [9.17, 15) is 10.1 Å².